The number of hydrogen-bond donors (Lipinski definition) is 0. The topological polar surface area (TPSA) is 0 Å². The summed E-state index contributed by atoms with van der Waals surface area (Å²) in [6.45, 7) is 14.8. The molecule has 0 bridgehead atoms. The van der Waals surface area contributed by atoms with Crippen LogP contribution in [0.4, 0.5) is 0 Å². The molecule has 0 nitrogen and oxygen atoms in total. The Morgan fingerprint density at radius 2 is 1.11 bits per heavy atom. The van der Waals surface area contributed by atoms with Crippen molar-refractivity contribution in [2.24, 2.45) is 0 Å². The van der Waals surface area contributed by atoms with Crippen molar-refractivity contribution in [3.05, 3.63) is 131 Å². The summed E-state index contributed by atoms with van der Waals surface area (Å²) in [7, 11) is -2.09. The van der Waals surface area contributed by atoms with Crippen LogP contribution in [0.3, 0.4) is 0 Å². The lowest BCUT2D eigenvalue weighted by Gasteiger charge is -2.38. The smallest absolute Gasteiger partial charge is 0.0896 e. The van der Waals surface area contributed by atoms with E-state index in [4.69, 9.17) is 0 Å². The van der Waals surface area contributed by atoms with Crippen molar-refractivity contribution in [1.82, 2.24) is 0 Å². The molecule has 3 aliphatic rings. The molecule has 0 N–H and O–H groups in total. The highest BCUT2D eigenvalue weighted by Gasteiger charge is 2.39. The van der Waals surface area contributed by atoms with Gasteiger partial charge in [-0.15, -0.1) is 0 Å². The van der Waals surface area contributed by atoms with E-state index in [0.29, 0.717) is 5.92 Å². The van der Waals surface area contributed by atoms with Crippen molar-refractivity contribution >= 4 is 42.0 Å². The molecule has 0 amide bonds. The molecule has 8 rings (SSSR count). The van der Waals surface area contributed by atoms with Crippen LogP contribution in [0.15, 0.2) is 123 Å². The van der Waals surface area contributed by atoms with E-state index < -0.39 is 8.07 Å². The third kappa shape index (κ3) is 4.64. The first-order valence-corrected chi connectivity index (χ1v) is 21.7. The zero-order valence-electron chi connectivity index (χ0n) is 28.0. The zero-order valence-corrected chi connectivity index (χ0v) is 30.7. The molecule has 5 aromatic carbocycles. The van der Waals surface area contributed by atoms with Gasteiger partial charge in [-0.05, 0) is 75.0 Å². The highest BCUT2D eigenvalue weighted by Crippen LogP contribution is 2.53. The summed E-state index contributed by atoms with van der Waals surface area (Å²) in [5.74, 6) is 0.649. The van der Waals surface area contributed by atoms with Crippen molar-refractivity contribution in [3.63, 3.8) is 0 Å². The normalized spacial score (nSPS) is 18.0. The van der Waals surface area contributed by atoms with E-state index in [0.717, 1.165) is 0 Å². The van der Waals surface area contributed by atoms with E-state index in [1.807, 2.05) is 23.5 Å². The van der Waals surface area contributed by atoms with Gasteiger partial charge in [0.25, 0.3) is 0 Å². The second-order valence-electron chi connectivity index (χ2n) is 15.2. The lowest BCUT2D eigenvalue weighted by Crippen LogP contribution is -2.54. The summed E-state index contributed by atoms with van der Waals surface area (Å²) in [5.41, 5.74) is 10.3. The van der Waals surface area contributed by atoms with Gasteiger partial charge in [-0.3, -0.25) is 0 Å². The van der Waals surface area contributed by atoms with Crippen LogP contribution in [-0.4, -0.2) is 8.07 Å². The molecule has 1 fully saturated rings. The molecular weight excluding hydrogens is 609 g/mol. The molecule has 0 atom stereocenters. The van der Waals surface area contributed by atoms with E-state index in [1.54, 1.807) is 10.8 Å². The first kappa shape index (κ1) is 30.4. The van der Waals surface area contributed by atoms with Crippen LogP contribution in [-0.2, 0) is 10.8 Å². The average molecular weight is 653 g/mol. The lowest BCUT2D eigenvalue weighted by atomic mass is 9.76. The molecule has 46 heavy (non-hydrogen) atoms. The van der Waals surface area contributed by atoms with Crippen LogP contribution in [0.5, 0.6) is 0 Å². The minimum atomic E-state index is -2.09. The van der Waals surface area contributed by atoms with Gasteiger partial charge in [0.15, 0.2) is 0 Å². The van der Waals surface area contributed by atoms with Crippen molar-refractivity contribution < 1.29 is 0 Å². The summed E-state index contributed by atoms with van der Waals surface area (Å²) in [6, 6.07) is 40.1. The molecule has 2 aliphatic heterocycles. The lowest BCUT2D eigenvalue weighted by molar-refractivity contribution is 0.608. The second kappa shape index (κ2) is 11.0. The minimum absolute atomic E-state index is 0.0153. The van der Waals surface area contributed by atoms with E-state index >= 15 is 0 Å². The van der Waals surface area contributed by atoms with Gasteiger partial charge in [0.2, 0.25) is 0 Å². The number of fused-ring (bicyclic) bond motifs is 4. The molecule has 1 saturated carbocycles. The molecule has 5 aromatic rings. The van der Waals surface area contributed by atoms with Crippen molar-refractivity contribution in [2.45, 2.75) is 103 Å². The van der Waals surface area contributed by atoms with Gasteiger partial charge in [0, 0.05) is 30.4 Å². The maximum Gasteiger partial charge on any atom is 0.113 e. The molecule has 0 aromatic heterocycles. The van der Waals surface area contributed by atoms with Gasteiger partial charge in [0.1, 0.15) is 8.07 Å². The van der Waals surface area contributed by atoms with Crippen molar-refractivity contribution in [2.75, 3.05) is 0 Å². The van der Waals surface area contributed by atoms with Gasteiger partial charge in [0.05, 0.1) is 0 Å². The maximum absolute atomic E-state index is 2.65. The standard InChI is InChI=1S/C43H44S2Si/c1-42(2)33-18-9-11-22-37(33)44-40-31(17-13-20-35(40)42)32-27-29(25-26-30(32)28-15-7-8-16-28)46(5,6)39-24-14-21-36-41(39)45-38-23-12-10-19-34(38)43(36,3)4/h9-14,17-28H,7-8,15-16H2,1-6H3. The fourth-order valence-electron chi connectivity index (χ4n) is 8.56. The van der Waals surface area contributed by atoms with Gasteiger partial charge in [-0.1, -0.05) is 173 Å². The summed E-state index contributed by atoms with van der Waals surface area (Å²) in [6.07, 6.45) is 5.31. The predicted molar refractivity (Wildman–Crippen MR) is 202 cm³/mol. The summed E-state index contributed by atoms with van der Waals surface area (Å²) < 4.78 is 0. The third-order valence-electron chi connectivity index (χ3n) is 11.5. The third-order valence-corrected chi connectivity index (χ3v) is 17.6. The summed E-state index contributed by atoms with van der Waals surface area (Å²) in [4.78, 5) is 5.75. The Labute approximate surface area is 285 Å². The van der Waals surface area contributed by atoms with Gasteiger partial charge in [-0.2, -0.15) is 0 Å². The van der Waals surface area contributed by atoms with Crippen LogP contribution < -0.4 is 10.4 Å². The van der Waals surface area contributed by atoms with E-state index in [2.05, 4.69) is 144 Å². The Morgan fingerprint density at radius 3 is 1.76 bits per heavy atom. The van der Waals surface area contributed by atoms with E-state index in [1.165, 1.54) is 83.8 Å². The monoisotopic (exact) mass is 652 g/mol. The fraction of sp³-hybridized carbons (Fsp3) is 0.302. The predicted octanol–water partition coefficient (Wildman–Crippen LogP) is 11.4. The molecule has 0 unspecified atom stereocenters. The second-order valence-corrected chi connectivity index (χ2v) is 21.7. The SMILES string of the molecule is CC1(C)c2ccccc2Sc2c(-c3cc([Si](C)(C)c4cccc5c4Sc4ccccc4C5(C)C)ccc3C3CCCC3)cccc21. The van der Waals surface area contributed by atoms with E-state index in [9.17, 15) is 0 Å². The highest BCUT2D eigenvalue weighted by atomic mass is 32.2. The minimum Gasteiger partial charge on any atom is -0.0896 e. The maximum atomic E-state index is 2.65. The molecule has 0 spiro atoms. The first-order valence-electron chi connectivity index (χ1n) is 17.1. The molecule has 1 aliphatic carbocycles. The number of rotatable bonds is 4. The van der Waals surface area contributed by atoms with Crippen LogP contribution >= 0.6 is 23.5 Å². The van der Waals surface area contributed by atoms with E-state index in [-0.39, 0.29) is 10.8 Å². The Kier molecular flexibility index (Phi) is 7.29. The fourth-order valence-corrected chi connectivity index (χ4v) is 14.9. The molecule has 0 saturated heterocycles. The highest BCUT2D eigenvalue weighted by molar-refractivity contribution is 8.00. The molecule has 3 heteroatoms. The van der Waals surface area contributed by atoms with Crippen LogP contribution in [0.25, 0.3) is 11.1 Å². The zero-order chi connectivity index (χ0) is 31.8. The largest absolute Gasteiger partial charge is 0.113 e. The quantitative estimate of drug-likeness (QED) is 0.177. The van der Waals surface area contributed by atoms with Crippen molar-refractivity contribution in [1.29, 1.82) is 0 Å². The Bertz CT molecular complexity index is 1990. The Morgan fingerprint density at radius 1 is 0.565 bits per heavy atom. The molecule has 2 heterocycles. The molecular formula is C43H44S2Si. The Balaban J connectivity index is 1.30. The van der Waals surface area contributed by atoms with Crippen LogP contribution in [0, 0.1) is 0 Å². The van der Waals surface area contributed by atoms with Gasteiger partial charge in [-0.25, -0.2) is 0 Å². The Hall–Kier alpha value is -2.98. The van der Waals surface area contributed by atoms with Crippen LogP contribution in [0.1, 0.15) is 87.1 Å². The van der Waals surface area contributed by atoms with Gasteiger partial charge < -0.3 is 0 Å². The average Bonchev–Trinajstić information content (AvgIpc) is 3.59. The summed E-state index contributed by atoms with van der Waals surface area (Å²) in [5, 5.41) is 3.10. The van der Waals surface area contributed by atoms with Crippen molar-refractivity contribution in [3.8, 4) is 11.1 Å². The molecule has 232 valence electrons. The summed E-state index contributed by atoms with van der Waals surface area (Å²) >= 11 is 3.99. The number of hydrogen-bond acceptors (Lipinski definition) is 2. The number of benzene rings is 5. The first-order chi connectivity index (χ1) is 22.1. The van der Waals surface area contributed by atoms with Crippen LogP contribution in [0.2, 0.25) is 13.1 Å². The molecule has 0 radical (unpaired) electrons. The van der Waals surface area contributed by atoms with Gasteiger partial charge >= 0.3 is 0 Å².